The molecule has 2 aromatic heterocycles. The molecule has 3 rings (SSSR count). The quantitative estimate of drug-likeness (QED) is 0.924. The van der Waals surface area contributed by atoms with Gasteiger partial charge in [0.15, 0.2) is 0 Å². The first kappa shape index (κ1) is 13.2. The van der Waals surface area contributed by atoms with E-state index in [0.29, 0.717) is 18.3 Å². The molecule has 0 radical (unpaired) electrons. The SMILES string of the molecule is OC[C@H]1CCCN1Cc1nc(-c2cc(Br)cs2)no1. The van der Waals surface area contributed by atoms with Gasteiger partial charge in [-0.05, 0) is 41.4 Å². The monoisotopic (exact) mass is 343 g/mol. The van der Waals surface area contributed by atoms with E-state index in [4.69, 9.17) is 4.52 Å². The third kappa shape index (κ3) is 2.89. The minimum atomic E-state index is 0.193. The van der Waals surface area contributed by atoms with Gasteiger partial charge >= 0.3 is 0 Å². The van der Waals surface area contributed by atoms with E-state index in [1.807, 2.05) is 11.4 Å². The molecule has 5 nitrogen and oxygen atoms in total. The largest absolute Gasteiger partial charge is 0.395 e. The maximum Gasteiger partial charge on any atom is 0.241 e. The molecule has 0 bridgehead atoms. The first-order valence-electron chi connectivity index (χ1n) is 6.18. The van der Waals surface area contributed by atoms with Gasteiger partial charge in [-0.2, -0.15) is 4.98 Å². The third-order valence-corrected chi connectivity index (χ3v) is 4.99. The molecule has 2 aromatic rings. The summed E-state index contributed by atoms with van der Waals surface area (Å²) >= 11 is 4.99. The van der Waals surface area contributed by atoms with Crippen molar-refractivity contribution in [2.75, 3.05) is 13.2 Å². The summed E-state index contributed by atoms with van der Waals surface area (Å²) in [7, 11) is 0. The van der Waals surface area contributed by atoms with Crippen LogP contribution in [0.2, 0.25) is 0 Å². The zero-order chi connectivity index (χ0) is 13.2. The van der Waals surface area contributed by atoms with E-state index in [2.05, 4.69) is 31.0 Å². The van der Waals surface area contributed by atoms with E-state index < -0.39 is 0 Å². The van der Waals surface area contributed by atoms with Crippen LogP contribution < -0.4 is 0 Å². The number of rotatable bonds is 4. The van der Waals surface area contributed by atoms with Crippen LogP contribution in [-0.4, -0.2) is 39.3 Å². The first-order valence-corrected chi connectivity index (χ1v) is 7.85. The van der Waals surface area contributed by atoms with Crippen LogP contribution in [0.1, 0.15) is 18.7 Å². The Hall–Kier alpha value is -0.760. The van der Waals surface area contributed by atoms with Crippen molar-refractivity contribution in [3.05, 3.63) is 21.8 Å². The highest BCUT2D eigenvalue weighted by Crippen LogP contribution is 2.28. The summed E-state index contributed by atoms with van der Waals surface area (Å²) in [5.74, 6) is 1.24. The summed E-state index contributed by atoms with van der Waals surface area (Å²) in [6.07, 6.45) is 2.15. The zero-order valence-electron chi connectivity index (χ0n) is 10.3. The maximum atomic E-state index is 9.29. The molecule has 1 aliphatic heterocycles. The van der Waals surface area contributed by atoms with Crippen molar-refractivity contribution < 1.29 is 9.63 Å². The van der Waals surface area contributed by atoms with Gasteiger partial charge in [0.25, 0.3) is 0 Å². The van der Waals surface area contributed by atoms with Gasteiger partial charge in [-0.15, -0.1) is 11.3 Å². The number of thiophene rings is 1. The van der Waals surface area contributed by atoms with Crippen LogP contribution in [0.4, 0.5) is 0 Å². The van der Waals surface area contributed by atoms with Crippen LogP contribution in [0.25, 0.3) is 10.7 Å². The van der Waals surface area contributed by atoms with Gasteiger partial charge in [0.1, 0.15) is 0 Å². The summed E-state index contributed by atoms with van der Waals surface area (Å²) < 4.78 is 6.32. The van der Waals surface area contributed by atoms with Crippen molar-refractivity contribution >= 4 is 27.3 Å². The van der Waals surface area contributed by atoms with Gasteiger partial charge in [-0.25, -0.2) is 0 Å². The molecule has 1 N–H and O–H groups in total. The minimum Gasteiger partial charge on any atom is -0.395 e. The van der Waals surface area contributed by atoms with E-state index in [0.717, 1.165) is 28.7 Å². The second kappa shape index (κ2) is 5.70. The number of hydrogen-bond acceptors (Lipinski definition) is 6. The molecule has 7 heteroatoms. The molecular weight excluding hydrogens is 330 g/mol. The number of halogens is 1. The first-order chi connectivity index (χ1) is 9.26. The fourth-order valence-corrected chi connectivity index (χ4v) is 3.69. The van der Waals surface area contributed by atoms with Crippen LogP contribution in [-0.2, 0) is 6.54 Å². The van der Waals surface area contributed by atoms with Crippen LogP contribution in [0.15, 0.2) is 20.4 Å². The highest BCUT2D eigenvalue weighted by Gasteiger charge is 2.25. The Bertz CT molecular complexity index is 557. The normalized spacial score (nSPS) is 20.2. The van der Waals surface area contributed by atoms with E-state index in [1.54, 1.807) is 11.3 Å². The number of nitrogens with zero attached hydrogens (tertiary/aromatic N) is 3. The Kier molecular flexibility index (Phi) is 3.97. The molecule has 0 spiro atoms. The lowest BCUT2D eigenvalue weighted by atomic mass is 10.2. The van der Waals surface area contributed by atoms with Crippen molar-refractivity contribution in [2.24, 2.45) is 0 Å². The van der Waals surface area contributed by atoms with Crippen LogP contribution >= 0.6 is 27.3 Å². The van der Waals surface area contributed by atoms with E-state index in [-0.39, 0.29) is 12.6 Å². The highest BCUT2D eigenvalue weighted by atomic mass is 79.9. The number of likely N-dealkylation sites (tertiary alicyclic amines) is 1. The van der Waals surface area contributed by atoms with Gasteiger partial charge in [-0.1, -0.05) is 5.16 Å². The van der Waals surface area contributed by atoms with E-state index >= 15 is 0 Å². The van der Waals surface area contributed by atoms with Gasteiger partial charge in [0, 0.05) is 15.9 Å². The number of aliphatic hydroxyl groups excluding tert-OH is 1. The summed E-state index contributed by atoms with van der Waals surface area (Å²) in [6, 6.07) is 2.21. The Labute approximate surface area is 123 Å². The Balaban J connectivity index is 1.71. The van der Waals surface area contributed by atoms with Crippen LogP contribution in [0.5, 0.6) is 0 Å². The lowest BCUT2D eigenvalue weighted by Crippen LogP contribution is -2.31. The topological polar surface area (TPSA) is 62.4 Å². The lowest BCUT2D eigenvalue weighted by Gasteiger charge is -2.20. The van der Waals surface area contributed by atoms with Crippen LogP contribution in [0, 0.1) is 0 Å². The molecule has 0 amide bonds. The molecule has 1 atom stereocenters. The smallest absolute Gasteiger partial charge is 0.241 e. The second-order valence-electron chi connectivity index (χ2n) is 4.59. The standard InChI is InChI=1S/C12H14BrN3O2S/c13-8-4-10(19-7-8)12-14-11(18-15-12)5-16-3-1-2-9(16)6-17/h4,7,9,17H,1-3,5-6H2/t9-/m1/s1. The molecule has 102 valence electrons. The van der Waals surface area contributed by atoms with Crippen molar-refractivity contribution in [2.45, 2.75) is 25.4 Å². The Morgan fingerprint density at radius 3 is 3.21 bits per heavy atom. The summed E-state index contributed by atoms with van der Waals surface area (Å²) in [4.78, 5) is 7.60. The molecule has 1 aliphatic rings. The average molecular weight is 344 g/mol. The van der Waals surface area contributed by atoms with Gasteiger partial charge < -0.3 is 9.63 Å². The fraction of sp³-hybridized carbons (Fsp3) is 0.500. The number of aliphatic hydroxyl groups is 1. The zero-order valence-corrected chi connectivity index (χ0v) is 12.7. The number of hydrogen-bond donors (Lipinski definition) is 1. The van der Waals surface area contributed by atoms with Gasteiger partial charge in [-0.3, -0.25) is 4.90 Å². The molecular formula is C12H14BrN3O2S. The van der Waals surface area contributed by atoms with Crippen LogP contribution in [0.3, 0.4) is 0 Å². The van der Waals surface area contributed by atoms with Gasteiger partial charge in [0.2, 0.25) is 11.7 Å². The second-order valence-corrected chi connectivity index (χ2v) is 6.42. The Morgan fingerprint density at radius 2 is 2.47 bits per heavy atom. The lowest BCUT2D eigenvalue weighted by molar-refractivity contribution is 0.141. The molecule has 1 saturated heterocycles. The molecule has 3 heterocycles. The average Bonchev–Trinajstić information content (AvgIpc) is 3.10. The minimum absolute atomic E-state index is 0.193. The van der Waals surface area contributed by atoms with Gasteiger partial charge in [0.05, 0.1) is 18.0 Å². The Morgan fingerprint density at radius 1 is 1.58 bits per heavy atom. The highest BCUT2D eigenvalue weighted by molar-refractivity contribution is 9.10. The van der Waals surface area contributed by atoms with Crippen molar-refractivity contribution in [3.63, 3.8) is 0 Å². The molecule has 0 saturated carbocycles. The molecule has 1 fully saturated rings. The predicted molar refractivity (Wildman–Crippen MR) is 75.8 cm³/mol. The van der Waals surface area contributed by atoms with Crippen molar-refractivity contribution in [3.8, 4) is 10.7 Å². The molecule has 0 aliphatic carbocycles. The van der Waals surface area contributed by atoms with E-state index in [1.165, 1.54) is 0 Å². The van der Waals surface area contributed by atoms with E-state index in [9.17, 15) is 5.11 Å². The summed E-state index contributed by atoms with van der Waals surface area (Å²) in [5.41, 5.74) is 0. The predicted octanol–water partition coefficient (Wildman–Crippen LogP) is 2.52. The summed E-state index contributed by atoms with van der Waals surface area (Å²) in [6.45, 7) is 1.79. The maximum absolute atomic E-state index is 9.29. The molecule has 0 aromatic carbocycles. The molecule has 0 unspecified atom stereocenters. The molecule has 19 heavy (non-hydrogen) atoms. The third-order valence-electron chi connectivity index (χ3n) is 3.30. The number of aromatic nitrogens is 2. The van der Waals surface area contributed by atoms with Crippen molar-refractivity contribution in [1.82, 2.24) is 15.0 Å². The summed E-state index contributed by atoms with van der Waals surface area (Å²) in [5, 5.41) is 15.3. The fourth-order valence-electron chi connectivity index (χ4n) is 2.33. The van der Waals surface area contributed by atoms with Crippen molar-refractivity contribution in [1.29, 1.82) is 0 Å².